The zero-order chi connectivity index (χ0) is 26.0. The molecule has 7 rings (SSSR count). The third-order valence-corrected chi connectivity index (χ3v) is 8.50. The SMILES string of the molecule is CC/C(=C1/C=CC=CC1C)n1c2ccccc2c2cc3c(cc21)c1ccccc1n3-c1cccc(C)c1C. The van der Waals surface area contributed by atoms with Crippen molar-refractivity contribution in [3.8, 4) is 5.69 Å². The summed E-state index contributed by atoms with van der Waals surface area (Å²) in [6, 6.07) is 29.3. The highest BCUT2D eigenvalue weighted by Crippen LogP contribution is 2.41. The van der Waals surface area contributed by atoms with Crippen molar-refractivity contribution in [1.29, 1.82) is 0 Å². The van der Waals surface area contributed by atoms with Crippen molar-refractivity contribution in [2.75, 3.05) is 0 Å². The number of rotatable bonds is 3. The molecule has 1 aliphatic rings. The summed E-state index contributed by atoms with van der Waals surface area (Å²) in [4.78, 5) is 0. The first kappa shape index (κ1) is 22.9. The maximum atomic E-state index is 2.53. The summed E-state index contributed by atoms with van der Waals surface area (Å²) in [5.74, 6) is 0.390. The van der Waals surface area contributed by atoms with Crippen LogP contribution in [0.2, 0.25) is 0 Å². The van der Waals surface area contributed by atoms with E-state index in [0.29, 0.717) is 5.92 Å². The molecule has 0 bridgehead atoms. The lowest BCUT2D eigenvalue weighted by Crippen LogP contribution is -2.06. The van der Waals surface area contributed by atoms with Crippen LogP contribution in [0.4, 0.5) is 0 Å². The van der Waals surface area contributed by atoms with Gasteiger partial charge in [-0.15, -0.1) is 0 Å². The largest absolute Gasteiger partial charge is 0.313 e. The van der Waals surface area contributed by atoms with Crippen LogP contribution >= 0.6 is 0 Å². The first-order valence-corrected chi connectivity index (χ1v) is 13.7. The molecule has 4 aromatic carbocycles. The molecule has 0 aliphatic heterocycles. The first-order valence-electron chi connectivity index (χ1n) is 13.7. The predicted molar refractivity (Wildman–Crippen MR) is 164 cm³/mol. The lowest BCUT2D eigenvalue weighted by Gasteiger charge is -2.20. The van der Waals surface area contributed by atoms with Crippen LogP contribution in [0.5, 0.6) is 0 Å². The minimum atomic E-state index is 0.390. The molecule has 1 aliphatic carbocycles. The predicted octanol–water partition coefficient (Wildman–Crippen LogP) is 9.89. The van der Waals surface area contributed by atoms with E-state index in [1.54, 1.807) is 0 Å². The molecule has 0 spiro atoms. The lowest BCUT2D eigenvalue weighted by molar-refractivity contribution is 0.863. The number of allylic oxidation sites excluding steroid dienone is 6. The van der Waals surface area contributed by atoms with Gasteiger partial charge in [-0.1, -0.05) is 86.7 Å². The molecule has 0 amide bonds. The van der Waals surface area contributed by atoms with E-state index in [9.17, 15) is 0 Å². The van der Waals surface area contributed by atoms with E-state index >= 15 is 0 Å². The Morgan fingerprint density at radius 2 is 1.39 bits per heavy atom. The van der Waals surface area contributed by atoms with E-state index in [0.717, 1.165) is 6.42 Å². The lowest BCUT2D eigenvalue weighted by atomic mass is 9.93. The van der Waals surface area contributed by atoms with E-state index in [1.165, 1.54) is 71.7 Å². The highest BCUT2D eigenvalue weighted by Gasteiger charge is 2.21. The number of fused-ring (bicyclic) bond motifs is 6. The van der Waals surface area contributed by atoms with Crippen molar-refractivity contribution in [2.45, 2.75) is 34.1 Å². The number of benzene rings is 4. The molecule has 0 saturated carbocycles. The Balaban J connectivity index is 1.66. The maximum Gasteiger partial charge on any atom is 0.0548 e. The standard InChI is InChI=1S/C36H32N2/c1-5-31(26-15-7-6-13-24(26)3)37-33-18-10-8-16-27(33)29-22-36-30(21-35(29)37)28-17-9-11-19-34(28)38(36)32-20-12-14-23(2)25(32)4/h6-22,24H,5H2,1-4H3/b31-26+. The number of hydrogen-bond acceptors (Lipinski definition) is 0. The Hall–Kier alpha value is -4.30. The topological polar surface area (TPSA) is 9.86 Å². The van der Waals surface area contributed by atoms with Crippen molar-refractivity contribution in [2.24, 2.45) is 5.92 Å². The van der Waals surface area contributed by atoms with Gasteiger partial charge in [0.25, 0.3) is 0 Å². The summed E-state index contributed by atoms with van der Waals surface area (Å²) in [7, 11) is 0. The molecule has 0 N–H and O–H groups in total. The van der Waals surface area contributed by atoms with Gasteiger partial charge in [-0.25, -0.2) is 0 Å². The fourth-order valence-corrected chi connectivity index (χ4v) is 6.45. The van der Waals surface area contributed by atoms with E-state index in [4.69, 9.17) is 0 Å². The second-order valence-electron chi connectivity index (χ2n) is 10.6. The first-order chi connectivity index (χ1) is 18.6. The zero-order valence-electron chi connectivity index (χ0n) is 22.5. The summed E-state index contributed by atoms with van der Waals surface area (Å²) in [5, 5.41) is 5.20. The van der Waals surface area contributed by atoms with Crippen LogP contribution in [-0.4, -0.2) is 9.13 Å². The van der Waals surface area contributed by atoms with Crippen molar-refractivity contribution in [3.05, 3.63) is 120 Å². The van der Waals surface area contributed by atoms with Crippen LogP contribution < -0.4 is 0 Å². The highest BCUT2D eigenvalue weighted by molar-refractivity contribution is 6.19. The van der Waals surface area contributed by atoms with Gasteiger partial charge in [-0.2, -0.15) is 0 Å². The van der Waals surface area contributed by atoms with Crippen molar-refractivity contribution in [1.82, 2.24) is 9.13 Å². The maximum absolute atomic E-state index is 2.53. The summed E-state index contributed by atoms with van der Waals surface area (Å²) in [5.41, 5.74) is 11.7. The molecule has 2 heterocycles. The zero-order valence-corrected chi connectivity index (χ0v) is 22.5. The molecule has 2 heteroatoms. The molecule has 0 radical (unpaired) electrons. The van der Waals surface area contributed by atoms with Crippen LogP contribution in [0.1, 0.15) is 31.4 Å². The second-order valence-corrected chi connectivity index (χ2v) is 10.6. The summed E-state index contributed by atoms with van der Waals surface area (Å²) < 4.78 is 5.00. The molecule has 0 saturated heterocycles. The Labute approximate surface area is 223 Å². The molecule has 1 atom stereocenters. The number of aryl methyl sites for hydroxylation is 1. The van der Waals surface area contributed by atoms with Gasteiger partial charge in [0.15, 0.2) is 0 Å². The highest BCUT2D eigenvalue weighted by atomic mass is 15.0. The van der Waals surface area contributed by atoms with Crippen LogP contribution in [0, 0.1) is 19.8 Å². The minimum absolute atomic E-state index is 0.390. The third-order valence-electron chi connectivity index (χ3n) is 8.50. The van der Waals surface area contributed by atoms with Gasteiger partial charge in [-0.05, 0) is 67.3 Å². The van der Waals surface area contributed by atoms with Crippen LogP contribution in [0.3, 0.4) is 0 Å². The Kier molecular flexibility index (Phi) is 5.19. The quantitative estimate of drug-likeness (QED) is 0.233. The molecule has 2 nitrogen and oxygen atoms in total. The van der Waals surface area contributed by atoms with E-state index in [2.05, 4.69) is 140 Å². The normalized spacial score (nSPS) is 16.9. The van der Waals surface area contributed by atoms with E-state index in [-0.39, 0.29) is 0 Å². The van der Waals surface area contributed by atoms with E-state index < -0.39 is 0 Å². The molecule has 2 aromatic heterocycles. The summed E-state index contributed by atoms with van der Waals surface area (Å²) >= 11 is 0. The fraction of sp³-hybridized carbons (Fsp3) is 0.167. The van der Waals surface area contributed by atoms with Gasteiger partial charge in [0, 0.05) is 38.8 Å². The van der Waals surface area contributed by atoms with Gasteiger partial charge in [0.05, 0.1) is 22.1 Å². The fourth-order valence-electron chi connectivity index (χ4n) is 6.45. The molecular formula is C36H32N2. The Bertz CT molecular complexity index is 1990. The molecule has 38 heavy (non-hydrogen) atoms. The van der Waals surface area contributed by atoms with Gasteiger partial charge < -0.3 is 9.13 Å². The average molecular weight is 493 g/mol. The number of nitrogens with zero attached hydrogens (tertiary/aromatic N) is 2. The molecule has 6 aromatic rings. The van der Waals surface area contributed by atoms with Gasteiger partial charge in [0.1, 0.15) is 0 Å². The molecule has 1 unspecified atom stereocenters. The average Bonchev–Trinajstić information content (AvgIpc) is 3.43. The Morgan fingerprint density at radius 1 is 0.711 bits per heavy atom. The molecule has 186 valence electrons. The van der Waals surface area contributed by atoms with Crippen LogP contribution in [-0.2, 0) is 0 Å². The number of hydrogen-bond donors (Lipinski definition) is 0. The van der Waals surface area contributed by atoms with Crippen molar-refractivity contribution >= 4 is 49.3 Å². The van der Waals surface area contributed by atoms with Gasteiger partial charge in [-0.3, -0.25) is 0 Å². The molecule has 0 fully saturated rings. The Morgan fingerprint density at radius 3 is 2.16 bits per heavy atom. The third kappa shape index (κ3) is 3.20. The van der Waals surface area contributed by atoms with Crippen molar-refractivity contribution in [3.63, 3.8) is 0 Å². The number of aromatic nitrogens is 2. The summed E-state index contributed by atoms with van der Waals surface area (Å²) in [6.45, 7) is 9.03. The van der Waals surface area contributed by atoms with Crippen LogP contribution in [0.15, 0.2) is 109 Å². The monoisotopic (exact) mass is 492 g/mol. The van der Waals surface area contributed by atoms with E-state index in [1.807, 2.05) is 0 Å². The molecular weight excluding hydrogens is 460 g/mol. The summed E-state index contributed by atoms with van der Waals surface area (Å²) in [6.07, 6.45) is 9.91. The number of para-hydroxylation sites is 2. The van der Waals surface area contributed by atoms with Gasteiger partial charge >= 0.3 is 0 Å². The van der Waals surface area contributed by atoms with Gasteiger partial charge in [0.2, 0.25) is 0 Å². The van der Waals surface area contributed by atoms with Crippen molar-refractivity contribution < 1.29 is 0 Å². The smallest absolute Gasteiger partial charge is 0.0548 e. The van der Waals surface area contributed by atoms with Crippen LogP contribution in [0.25, 0.3) is 55.0 Å². The second kappa shape index (κ2) is 8.63. The minimum Gasteiger partial charge on any atom is -0.313 e.